The molecule has 0 radical (unpaired) electrons. The highest BCUT2D eigenvalue weighted by Gasteiger charge is 2.03. The summed E-state index contributed by atoms with van der Waals surface area (Å²) < 4.78 is 12.1. The van der Waals surface area contributed by atoms with Crippen molar-refractivity contribution in [1.82, 2.24) is 0 Å². The number of rotatable bonds is 0. The van der Waals surface area contributed by atoms with Gasteiger partial charge in [0.05, 0.1) is 0 Å². The zero-order valence-electron chi connectivity index (χ0n) is 4.49. The molecule has 4 nitrogen and oxygen atoms in total. The lowest BCUT2D eigenvalue weighted by Crippen LogP contribution is -1.90. The van der Waals surface area contributed by atoms with Crippen molar-refractivity contribution >= 4 is 34.5 Å². The highest BCUT2D eigenvalue weighted by Crippen LogP contribution is 2.09. The summed E-state index contributed by atoms with van der Waals surface area (Å²) in [5.74, 6) is 0. The average molecular weight is 168 g/mol. The van der Waals surface area contributed by atoms with Crippen LogP contribution in [0.15, 0.2) is 0 Å². The summed E-state index contributed by atoms with van der Waals surface area (Å²) in [6, 6.07) is 0. The molecule has 0 rings (SSSR count). The molecule has 0 fully saturated rings. The Morgan fingerprint density at radius 3 is 2.44 bits per heavy atom. The van der Waals surface area contributed by atoms with E-state index >= 15 is 0 Å². The molecule has 0 aromatic carbocycles. The van der Waals surface area contributed by atoms with Crippen LogP contribution in [0.1, 0.15) is 6.92 Å². The van der Waals surface area contributed by atoms with Crippen LogP contribution in [0.25, 0.3) is 0 Å². The average Bonchev–Trinajstić information content (AvgIpc) is 1.83. The van der Waals surface area contributed by atoms with Crippen LogP contribution in [0.4, 0.5) is 4.79 Å². The molecule has 1 N–H and O–H groups in total. The van der Waals surface area contributed by atoms with Crippen LogP contribution in [0, 0.1) is 0 Å². The molecule has 0 unspecified atom stereocenters. The standard InChI is InChI=1S/C3H4O4S2/c1-2(4)9-7-3(5)8-6/h6H,1H3. The smallest absolute Gasteiger partial charge is 0.373 e. The van der Waals surface area contributed by atoms with Gasteiger partial charge in [0.15, 0.2) is 0 Å². The fraction of sp³-hybridized carbons (Fsp3) is 0.333. The minimum absolute atomic E-state index is 0.0674. The lowest BCUT2D eigenvalue weighted by Gasteiger charge is -1.91. The largest absolute Gasteiger partial charge is 0.406 e. The topological polar surface area (TPSA) is 63.6 Å². The molecule has 0 bridgehead atoms. The fourth-order valence-corrected chi connectivity index (χ4v) is 0.517. The molecular weight excluding hydrogens is 164 g/mol. The lowest BCUT2D eigenvalue weighted by atomic mass is 10.9. The molecule has 0 amide bonds. The van der Waals surface area contributed by atoms with Gasteiger partial charge in [-0.2, -0.15) is 0 Å². The zero-order chi connectivity index (χ0) is 7.28. The molecule has 52 valence electrons. The van der Waals surface area contributed by atoms with E-state index in [1.807, 2.05) is 0 Å². The summed E-state index contributed by atoms with van der Waals surface area (Å²) in [6.07, 6.45) is 0. The molecule has 0 atom stereocenters. The van der Waals surface area contributed by atoms with E-state index in [2.05, 4.69) is 4.18 Å². The van der Waals surface area contributed by atoms with Crippen molar-refractivity contribution in [2.75, 3.05) is 0 Å². The van der Waals surface area contributed by atoms with Crippen LogP contribution in [0.2, 0.25) is 0 Å². The van der Waals surface area contributed by atoms with E-state index in [-0.39, 0.29) is 17.2 Å². The van der Waals surface area contributed by atoms with E-state index in [0.29, 0.717) is 12.0 Å². The number of carbonyl (C=O) groups excluding carboxylic acids is 2. The second-order valence-corrected chi connectivity index (χ2v) is 2.42. The molecule has 0 aliphatic rings. The maximum Gasteiger partial charge on any atom is 0.406 e. The van der Waals surface area contributed by atoms with Crippen LogP contribution in [-0.2, 0) is 8.98 Å². The predicted octanol–water partition coefficient (Wildman–Crippen LogP) is 1.52. The van der Waals surface area contributed by atoms with Gasteiger partial charge in [0.25, 0.3) is 0 Å². The molecule has 0 aliphatic heterocycles. The number of hydrogen-bond donors (Lipinski definition) is 1. The van der Waals surface area contributed by atoms with E-state index in [1.165, 1.54) is 6.92 Å². The second-order valence-electron chi connectivity index (χ2n) is 1.000. The third-order valence-corrected chi connectivity index (χ3v) is 1.11. The molecule has 6 heteroatoms. The molecule has 0 saturated heterocycles. The normalized spacial score (nSPS) is 8.67. The summed E-state index contributed by atoms with van der Waals surface area (Å²) >= 11 is 0.327. The Bertz CT molecular complexity index is 123. The van der Waals surface area contributed by atoms with E-state index in [0.717, 1.165) is 0 Å². The van der Waals surface area contributed by atoms with Gasteiger partial charge in [-0.3, -0.25) is 4.79 Å². The first kappa shape index (κ1) is 8.80. The van der Waals surface area contributed by atoms with Crippen LogP contribution in [-0.4, -0.2) is 15.0 Å². The zero-order valence-corrected chi connectivity index (χ0v) is 6.12. The Labute approximate surface area is 60.4 Å². The number of carbonyl (C=O) groups is 2. The first-order valence-electron chi connectivity index (χ1n) is 1.87. The minimum Gasteiger partial charge on any atom is -0.373 e. The number of hydrogen-bond acceptors (Lipinski definition) is 6. The summed E-state index contributed by atoms with van der Waals surface area (Å²) in [6.45, 7) is 1.25. The van der Waals surface area contributed by atoms with Gasteiger partial charge in [0, 0.05) is 6.92 Å². The highest BCUT2D eigenvalue weighted by atomic mass is 32.2. The summed E-state index contributed by atoms with van der Waals surface area (Å²) in [5.41, 5.74) is 0. The molecule has 0 spiro atoms. The molecule has 0 aliphatic carbocycles. The molecule has 9 heavy (non-hydrogen) atoms. The molecular formula is C3H4O4S2. The van der Waals surface area contributed by atoms with Crippen molar-refractivity contribution in [3.63, 3.8) is 0 Å². The van der Waals surface area contributed by atoms with Gasteiger partial charge in [-0.25, -0.2) is 4.79 Å². The van der Waals surface area contributed by atoms with Gasteiger partial charge < -0.3 is 8.74 Å². The quantitative estimate of drug-likeness (QED) is 0.553. The molecule has 0 aromatic rings. The Hall–Kier alpha value is -0.200. The van der Waals surface area contributed by atoms with Gasteiger partial charge in [-0.05, 0) is 0 Å². The van der Waals surface area contributed by atoms with Crippen molar-refractivity contribution in [2.45, 2.75) is 6.92 Å². The monoisotopic (exact) mass is 168 g/mol. The van der Waals surface area contributed by atoms with E-state index in [4.69, 9.17) is 4.55 Å². The lowest BCUT2D eigenvalue weighted by molar-refractivity contribution is -0.109. The fourth-order valence-electron chi connectivity index (χ4n) is 0.108. The minimum atomic E-state index is -0.893. The first-order valence-corrected chi connectivity index (χ1v) is 3.38. The second kappa shape index (κ2) is 4.66. The van der Waals surface area contributed by atoms with Gasteiger partial charge in [-0.15, -0.1) is 0 Å². The summed E-state index contributed by atoms with van der Waals surface area (Å²) in [5, 5.41) is -1.23. The van der Waals surface area contributed by atoms with Crippen molar-refractivity contribution in [2.24, 2.45) is 0 Å². The van der Waals surface area contributed by atoms with Crippen molar-refractivity contribution in [1.29, 1.82) is 0 Å². The van der Waals surface area contributed by atoms with Crippen molar-refractivity contribution in [3.05, 3.63) is 0 Å². The highest BCUT2D eigenvalue weighted by molar-refractivity contribution is 8.13. The Morgan fingerprint density at radius 1 is 1.56 bits per heavy atom. The Balaban J connectivity index is 3.28. The van der Waals surface area contributed by atoms with Crippen LogP contribution >= 0.6 is 24.1 Å². The van der Waals surface area contributed by atoms with Crippen molar-refractivity contribution < 1.29 is 18.3 Å². The van der Waals surface area contributed by atoms with E-state index in [1.54, 1.807) is 0 Å². The van der Waals surface area contributed by atoms with Crippen LogP contribution < -0.4 is 0 Å². The third-order valence-electron chi connectivity index (χ3n) is 0.302. The SMILES string of the molecule is CC(=O)SOC(=O)SO. The predicted molar refractivity (Wildman–Crippen MR) is 35.0 cm³/mol. The molecule has 0 saturated carbocycles. The van der Waals surface area contributed by atoms with Crippen LogP contribution in [0.3, 0.4) is 0 Å². The summed E-state index contributed by atoms with van der Waals surface area (Å²) in [4.78, 5) is 20.1. The first-order chi connectivity index (χ1) is 4.16. The van der Waals surface area contributed by atoms with Crippen molar-refractivity contribution in [3.8, 4) is 0 Å². The molecule has 0 aromatic heterocycles. The molecule has 0 heterocycles. The maximum atomic E-state index is 10.1. The van der Waals surface area contributed by atoms with Gasteiger partial charge in [0.2, 0.25) is 5.12 Å². The Morgan fingerprint density at radius 2 is 2.11 bits per heavy atom. The van der Waals surface area contributed by atoms with Crippen LogP contribution in [0.5, 0.6) is 0 Å². The van der Waals surface area contributed by atoms with Gasteiger partial charge >= 0.3 is 5.30 Å². The summed E-state index contributed by atoms with van der Waals surface area (Å²) in [7, 11) is 0. The Kier molecular flexibility index (Phi) is 4.55. The third kappa shape index (κ3) is 5.67. The van der Waals surface area contributed by atoms with Gasteiger partial charge in [0.1, 0.15) is 24.1 Å². The maximum absolute atomic E-state index is 10.1. The van der Waals surface area contributed by atoms with Gasteiger partial charge in [-0.1, -0.05) is 0 Å². The van der Waals surface area contributed by atoms with E-state index in [9.17, 15) is 9.59 Å². The van der Waals surface area contributed by atoms with E-state index < -0.39 is 5.30 Å².